The molecule has 0 aromatic carbocycles. The number of hydrogen-bond donors (Lipinski definition) is 0. The van der Waals surface area contributed by atoms with E-state index in [0.717, 1.165) is 31.7 Å². The summed E-state index contributed by atoms with van der Waals surface area (Å²) in [6.45, 7) is 4.51. The van der Waals surface area contributed by atoms with E-state index in [1.807, 2.05) is 6.07 Å². The Kier molecular flexibility index (Phi) is 4.22. The van der Waals surface area contributed by atoms with E-state index in [1.165, 1.54) is 12.8 Å². The van der Waals surface area contributed by atoms with Crippen molar-refractivity contribution in [2.24, 2.45) is 5.92 Å². The predicted molar refractivity (Wildman–Crippen MR) is 90.4 cm³/mol. The molecule has 8 heteroatoms. The molecule has 1 aromatic heterocycles. The van der Waals surface area contributed by atoms with Crippen molar-refractivity contribution >= 4 is 10.0 Å². The highest BCUT2D eigenvalue weighted by Crippen LogP contribution is 2.38. The molecule has 0 radical (unpaired) electrons. The molecule has 0 amide bonds. The fraction of sp³-hybridized carbons (Fsp3) is 0.750. The van der Waals surface area contributed by atoms with Gasteiger partial charge in [-0.2, -0.15) is 5.10 Å². The zero-order valence-electron chi connectivity index (χ0n) is 13.8. The summed E-state index contributed by atoms with van der Waals surface area (Å²) in [5.74, 6) is 1.28. The van der Waals surface area contributed by atoms with Gasteiger partial charge in [-0.25, -0.2) is 17.4 Å². The lowest BCUT2D eigenvalue weighted by Gasteiger charge is -2.39. The number of hydrogen-bond acceptors (Lipinski definition) is 5. The predicted octanol–water partition coefficient (Wildman–Crippen LogP) is 0.0880. The highest BCUT2D eigenvalue weighted by molar-refractivity contribution is 7.89. The molecule has 2 saturated heterocycles. The second kappa shape index (κ2) is 6.24. The van der Waals surface area contributed by atoms with Crippen LogP contribution in [-0.2, 0) is 16.6 Å². The topological polar surface area (TPSA) is 75.5 Å². The highest BCUT2D eigenvalue weighted by Gasteiger charge is 2.32. The summed E-state index contributed by atoms with van der Waals surface area (Å²) < 4.78 is 26.8. The van der Waals surface area contributed by atoms with Gasteiger partial charge in [-0.1, -0.05) is 0 Å². The fourth-order valence-corrected chi connectivity index (χ4v) is 5.13. The van der Waals surface area contributed by atoms with E-state index in [1.54, 1.807) is 15.1 Å². The standard InChI is InChI=1S/C16H24N4O3S/c21-16-5-4-15(14-2-3-14)17-20(16)12-13-10-18(11-13)7-8-19-6-1-9-24(19,22)23/h4-5,13-14H,1-3,6-12H2. The maximum Gasteiger partial charge on any atom is 0.266 e. The zero-order chi connectivity index (χ0) is 16.7. The Morgan fingerprint density at radius 3 is 2.62 bits per heavy atom. The van der Waals surface area contributed by atoms with Gasteiger partial charge in [0.25, 0.3) is 5.56 Å². The molecule has 7 nitrogen and oxygen atoms in total. The third-order valence-corrected chi connectivity index (χ3v) is 7.17. The maximum atomic E-state index is 12.0. The molecule has 2 aliphatic heterocycles. The largest absolute Gasteiger partial charge is 0.301 e. The van der Waals surface area contributed by atoms with Gasteiger partial charge in [0.2, 0.25) is 10.0 Å². The molecule has 0 unspecified atom stereocenters. The minimum atomic E-state index is -2.99. The minimum Gasteiger partial charge on any atom is -0.301 e. The molecule has 24 heavy (non-hydrogen) atoms. The summed E-state index contributed by atoms with van der Waals surface area (Å²) in [4.78, 5) is 14.2. The maximum absolute atomic E-state index is 12.0. The Hall–Kier alpha value is -1.25. The molecule has 4 rings (SSSR count). The van der Waals surface area contributed by atoms with E-state index < -0.39 is 10.0 Å². The number of aromatic nitrogens is 2. The van der Waals surface area contributed by atoms with Crippen molar-refractivity contribution in [3.63, 3.8) is 0 Å². The van der Waals surface area contributed by atoms with E-state index in [4.69, 9.17) is 0 Å². The van der Waals surface area contributed by atoms with Crippen molar-refractivity contribution in [1.82, 2.24) is 19.0 Å². The molecular weight excluding hydrogens is 328 g/mol. The van der Waals surface area contributed by atoms with E-state index in [2.05, 4.69) is 10.00 Å². The van der Waals surface area contributed by atoms with Crippen LogP contribution in [-0.4, -0.2) is 65.9 Å². The van der Waals surface area contributed by atoms with Gasteiger partial charge in [-0.3, -0.25) is 4.79 Å². The SMILES string of the molecule is O=c1ccc(C2CC2)nn1CC1CN(CCN2CCCS2(=O)=O)C1. The monoisotopic (exact) mass is 352 g/mol. The van der Waals surface area contributed by atoms with E-state index in [9.17, 15) is 13.2 Å². The Morgan fingerprint density at radius 2 is 1.96 bits per heavy atom. The van der Waals surface area contributed by atoms with Gasteiger partial charge in [0.1, 0.15) is 0 Å². The third kappa shape index (κ3) is 3.41. The molecule has 1 aliphatic carbocycles. The van der Waals surface area contributed by atoms with Gasteiger partial charge in [0.15, 0.2) is 0 Å². The highest BCUT2D eigenvalue weighted by atomic mass is 32.2. The van der Waals surface area contributed by atoms with Crippen LogP contribution >= 0.6 is 0 Å². The summed E-state index contributed by atoms with van der Waals surface area (Å²) in [5.41, 5.74) is 1.02. The number of sulfonamides is 1. The average Bonchev–Trinajstić information content (AvgIpc) is 3.28. The summed E-state index contributed by atoms with van der Waals surface area (Å²) >= 11 is 0. The summed E-state index contributed by atoms with van der Waals surface area (Å²) in [6, 6.07) is 3.50. The van der Waals surface area contributed by atoms with Gasteiger partial charge in [-0.15, -0.1) is 0 Å². The van der Waals surface area contributed by atoms with Crippen molar-refractivity contribution in [3.05, 3.63) is 28.2 Å². The lowest BCUT2D eigenvalue weighted by atomic mass is 10.0. The van der Waals surface area contributed by atoms with Crippen LogP contribution in [0.25, 0.3) is 0 Å². The quantitative estimate of drug-likeness (QED) is 0.725. The van der Waals surface area contributed by atoms with E-state index in [-0.39, 0.29) is 5.56 Å². The molecule has 1 saturated carbocycles. The van der Waals surface area contributed by atoms with Crippen LogP contribution in [0.1, 0.15) is 30.9 Å². The van der Waals surface area contributed by atoms with Gasteiger partial charge < -0.3 is 4.90 Å². The van der Waals surface area contributed by atoms with Crippen LogP contribution in [0.2, 0.25) is 0 Å². The average molecular weight is 352 g/mol. The Labute approximate surface area is 142 Å². The first kappa shape index (κ1) is 16.2. The summed E-state index contributed by atoms with van der Waals surface area (Å²) in [6.07, 6.45) is 3.11. The van der Waals surface area contributed by atoms with Crippen LogP contribution in [0, 0.1) is 5.92 Å². The van der Waals surface area contributed by atoms with Crippen molar-refractivity contribution in [3.8, 4) is 0 Å². The van der Waals surface area contributed by atoms with Crippen molar-refractivity contribution in [2.45, 2.75) is 31.7 Å². The number of nitrogens with zero attached hydrogens (tertiary/aromatic N) is 4. The van der Waals surface area contributed by atoms with E-state index in [0.29, 0.717) is 37.2 Å². The van der Waals surface area contributed by atoms with Crippen LogP contribution in [0.15, 0.2) is 16.9 Å². The smallest absolute Gasteiger partial charge is 0.266 e. The lowest BCUT2D eigenvalue weighted by molar-refractivity contribution is 0.0800. The Morgan fingerprint density at radius 1 is 1.17 bits per heavy atom. The van der Waals surface area contributed by atoms with Crippen LogP contribution in [0.3, 0.4) is 0 Å². The molecule has 3 aliphatic rings. The molecule has 3 heterocycles. The van der Waals surface area contributed by atoms with E-state index >= 15 is 0 Å². The Balaban J connectivity index is 1.26. The van der Waals surface area contributed by atoms with Gasteiger partial charge in [-0.05, 0) is 25.3 Å². The first-order chi connectivity index (χ1) is 11.5. The van der Waals surface area contributed by atoms with Gasteiger partial charge >= 0.3 is 0 Å². The third-order valence-electron chi connectivity index (χ3n) is 5.22. The zero-order valence-corrected chi connectivity index (χ0v) is 14.6. The molecule has 1 aromatic rings. The number of likely N-dealkylation sites (tertiary alicyclic amines) is 1. The second-order valence-electron chi connectivity index (χ2n) is 7.25. The van der Waals surface area contributed by atoms with Gasteiger partial charge in [0, 0.05) is 50.6 Å². The Bertz CT molecular complexity index is 766. The normalized spacial score (nSPS) is 25.0. The molecule has 0 bridgehead atoms. The summed E-state index contributed by atoms with van der Waals surface area (Å²) in [7, 11) is -2.99. The van der Waals surface area contributed by atoms with Crippen molar-refractivity contribution < 1.29 is 8.42 Å². The second-order valence-corrected chi connectivity index (χ2v) is 9.34. The molecule has 3 fully saturated rings. The fourth-order valence-electron chi connectivity index (χ4n) is 3.61. The number of rotatable bonds is 6. The molecular formula is C16H24N4O3S. The molecule has 0 N–H and O–H groups in total. The molecule has 0 atom stereocenters. The van der Waals surface area contributed by atoms with Crippen LogP contribution in [0.4, 0.5) is 0 Å². The molecule has 0 spiro atoms. The minimum absolute atomic E-state index is 0.0268. The van der Waals surface area contributed by atoms with Crippen LogP contribution in [0.5, 0.6) is 0 Å². The van der Waals surface area contributed by atoms with Crippen molar-refractivity contribution in [2.75, 3.05) is 38.5 Å². The van der Waals surface area contributed by atoms with Crippen molar-refractivity contribution in [1.29, 1.82) is 0 Å². The first-order valence-corrected chi connectivity index (χ1v) is 10.4. The first-order valence-electron chi connectivity index (χ1n) is 8.79. The molecule has 132 valence electrons. The van der Waals surface area contributed by atoms with Crippen LogP contribution < -0.4 is 5.56 Å². The lowest BCUT2D eigenvalue weighted by Crippen LogP contribution is -2.51. The van der Waals surface area contributed by atoms with Gasteiger partial charge in [0.05, 0.1) is 18.0 Å². The summed E-state index contributed by atoms with van der Waals surface area (Å²) in [5, 5.41) is 4.51.